The third kappa shape index (κ3) is 14.6. The standard InChI is InChI=1S/C16H30N2O2.2C16H24N2O2/c1-15(2)10-13(11-16(3,4)18-15)20-14(19)17-12-8-6-5-7-9-12;2*1-12-14(10-11-18(4)16(12,2)3)20-15(19)17-13-8-6-5-7-9-13/h12-13,18H,5-11H2,1-4H3,(H,17,19);2*5-9,12,14H,10-11H2,1-4H3,(H,17,19). The number of benzene rings is 2. The number of carbonyl (C=O) groups is 3. The molecule has 0 bridgehead atoms. The molecule has 3 aliphatic heterocycles. The van der Waals surface area contributed by atoms with Crippen molar-refractivity contribution in [3.05, 3.63) is 60.7 Å². The number of hydrogen-bond donors (Lipinski definition) is 4. The van der Waals surface area contributed by atoms with Gasteiger partial charge in [-0.2, -0.15) is 0 Å². The van der Waals surface area contributed by atoms with Crippen molar-refractivity contribution in [2.45, 2.75) is 174 Å². The first-order valence-corrected chi connectivity index (χ1v) is 22.3. The van der Waals surface area contributed by atoms with Gasteiger partial charge in [-0.15, -0.1) is 0 Å². The van der Waals surface area contributed by atoms with E-state index in [4.69, 9.17) is 14.2 Å². The van der Waals surface area contributed by atoms with E-state index in [2.05, 4.69) is 114 Å². The van der Waals surface area contributed by atoms with Crippen molar-refractivity contribution in [2.24, 2.45) is 11.8 Å². The predicted octanol–water partition coefficient (Wildman–Crippen LogP) is 10.1. The smallest absolute Gasteiger partial charge is 0.411 e. The molecular formula is C48H78N6O6. The van der Waals surface area contributed by atoms with Gasteiger partial charge >= 0.3 is 18.3 Å². The molecule has 4 unspecified atom stereocenters. The van der Waals surface area contributed by atoms with E-state index < -0.39 is 0 Å². The van der Waals surface area contributed by atoms with E-state index in [1.54, 1.807) is 0 Å². The average Bonchev–Trinajstić information content (AvgIpc) is 3.16. The number of ether oxygens (including phenoxy) is 3. The number of anilines is 2. The number of nitrogens with one attached hydrogen (secondary N) is 4. The van der Waals surface area contributed by atoms with Crippen molar-refractivity contribution in [1.82, 2.24) is 20.4 Å². The number of hydrogen-bond acceptors (Lipinski definition) is 9. The fraction of sp³-hybridized carbons (Fsp3) is 0.688. The number of rotatable bonds is 6. The summed E-state index contributed by atoms with van der Waals surface area (Å²) in [6.45, 7) is 23.7. The number of likely N-dealkylation sites (tertiary alicyclic amines) is 2. The minimum Gasteiger partial charge on any atom is -0.446 e. The monoisotopic (exact) mass is 835 g/mol. The first-order chi connectivity index (χ1) is 28.1. The molecule has 3 saturated heterocycles. The summed E-state index contributed by atoms with van der Waals surface area (Å²) in [5.41, 5.74) is 1.62. The molecule has 60 heavy (non-hydrogen) atoms. The quantitative estimate of drug-likeness (QED) is 0.210. The summed E-state index contributed by atoms with van der Waals surface area (Å²) in [6, 6.07) is 19.1. The molecule has 0 spiro atoms. The lowest BCUT2D eigenvalue weighted by molar-refractivity contribution is -0.0446. The van der Waals surface area contributed by atoms with Crippen LogP contribution in [0.1, 0.15) is 127 Å². The highest BCUT2D eigenvalue weighted by Gasteiger charge is 2.43. The van der Waals surface area contributed by atoms with Crippen molar-refractivity contribution in [2.75, 3.05) is 37.8 Å². The van der Waals surface area contributed by atoms with E-state index >= 15 is 0 Å². The zero-order chi connectivity index (χ0) is 44.3. The Kier molecular flexibility index (Phi) is 17.3. The average molecular weight is 835 g/mol. The van der Waals surface area contributed by atoms with Crippen molar-refractivity contribution in [3.63, 3.8) is 0 Å². The SMILES string of the molecule is CC1(C)CC(OC(=O)NC2CCCCC2)CC(C)(C)N1.CC1C(OC(=O)Nc2ccccc2)CCN(C)C1(C)C.CC1C(OC(=O)Nc2ccccc2)CCN(C)C1(C)C. The van der Waals surface area contributed by atoms with Crippen LogP contribution in [-0.2, 0) is 14.2 Å². The molecule has 6 rings (SSSR count). The van der Waals surface area contributed by atoms with Crippen molar-refractivity contribution < 1.29 is 28.6 Å². The van der Waals surface area contributed by atoms with Gasteiger partial charge in [0.05, 0.1) is 0 Å². The fourth-order valence-electron chi connectivity index (χ4n) is 9.17. The molecule has 12 nitrogen and oxygen atoms in total. The van der Waals surface area contributed by atoms with Crippen LogP contribution in [0.4, 0.5) is 25.8 Å². The van der Waals surface area contributed by atoms with Gasteiger partial charge in [0.1, 0.15) is 18.3 Å². The topological polar surface area (TPSA) is 134 Å². The van der Waals surface area contributed by atoms with Gasteiger partial charge in [0, 0.05) is 77.3 Å². The molecule has 4 fully saturated rings. The molecule has 3 amide bonds. The van der Waals surface area contributed by atoms with E-state index in [1.165, 1.54) is 19.3 Å². The van der Waals surface area contributed by atoms with Crippen LogP contribution in [0.25, 0.3) is 0 Å². The van der Waals surface area contributed by atoms with E-state index in [0.29, 0.717) is 17.9 Å². The van der Waals surface area contributed by atoms with Gasteiger partial charge in [-0.05, 0) is 119 Å². The molecular weight excluding hydrogens is 757 g/mol. The predicted molar refractivity (Wildman–Crippen MR) is 242 cm³/mol. The Hall–Kier alpha value is -3.87. The molecule has 4 aliphatic rings. The van der Waals surface area contributed by atoms with Crippen LogP contribution in [-0.4, -0.2) is 102 Å². The van der Waals surface area contributed by atoms with Gasteiger partial charge in [-0.1, -0.05) is 69.5 Å². The number of amides is 3. The number of carbonyl (C=O) groups excluding carboxylic acids is 3. The summed E-state index contributed by atoms with van der Waals surface area (Å²) >= 11 is 0. The highest BCUT2D eigenvalue weighted by molar-refractivity contribution is 5.85. The molecule has 3 heterocycles. The van der Waals surface area contributed by atoms with Crippen molar-refractivity contribution in [3.8, 4) is 0 Å². The normalized spacial score (nSPS) is 26.3. The van der Waals surface area contributed by atoms with Crippen LogP contribution in [0.3, 0.4) is 0 Å². The zero-order valence-corrected chi connectivity index (χ0v) is 38.9. The Morgan fingerprint density at radius 1 is 0.583 bits per heavy atom. The molecule has 2 aromatic rings. The van der Waals surface area contributed by atoms with E-state index in [-0.39, 0.29) is 58.7 Å². The molecule has 2 aromatic carbocycles. The Morgan fingerprint density at radius 3 is 1.38 bits per heavy atom. The molecule has 1 aliphatic carbocycles. The van der Waals surface area contributed by atoms with Gasteiger partial charge in [0.25, 0.3) is 0 Å². The highest BCUT2D eigenvalue weighted by atomic mass is 16.6. The van der Waals surface area contributed by atoms with Gasteiger partial charge in [0.15, 0.2) is 0 Å². The molecule has 4 atom stereocenters. The highest BCUT2D eigenvalue weighted by Crippen LogP contribution is 2.35. The van der Waals surface area contributed by atoms with Gasteiger partial charge in [-0.25, -0.2) is 14.4 Å². The summed E-state index contributed by atoms with van der Waals surface area (Å²) in [4.78, 5) is 40.6. The van der Waals surface area contributed by atoms with E-state index in [1.807, 2.05) is 60.7 Å². The fourth-order valence-corrected chi connectivity index (χ4v) is 9.17. The van der Waals surface area contributed by atoms with E-state index in [9.17, 15) is 14.4 Å². The number of para-hydroxylation sites is 2. The lowest BCUT2D eigenvalue weighted by atomic mass is 9.79. The molecule has 12 heteroatoms. The van der Waals surface area contributed by atoms with Gasteiger partial charge in [-0.3, -0.25) is 10.6 Å². The first-order valence-electron chi connectivity index (χ1n) is 22.3. The summed E-state index contributed by atoms with van der Waals surface area (Å²) in [5, 5.41) is 12.2. The maximum atomic E-state index is 12.0. The number of nitrogens with zero attached hydrogens (tertiary/aromatic N) is 2. The summed E-state index contributed by atoms with van der Waals surface area (Å²) < 4.78 is 16.9. The largest absolute Gasteiger partial charge is 0.446 e. The Bertz CT molecular complexity index is 1540. The maximum Gasteiger partial charge on any atom is 0.411 e. The second-order valence-corrected chi connectivity index (χ2v) is 20.0. The summed E-state index contributed by atoms with van der Waals surface area (Å²) in [6.07, 6.45) is 8.39. The lowest BCUT2D eigenvalue weighted by Crippen LogP contribution is -2.60. The van der Waals surface area contributed by atoms with Crippen molar-refractivity contribution in [1.29, 1.82) is 0 Å². The molecule has 4 N–H and O–H groups in total. The second kappa shape index (κ2) is 21.3. The minimum absolute atomic E-state index is 0.00448. The van der Waals surface area contributed by atoms with Crippen LogP contribution >= 0.6 is 0 Å². The van der Waals surface area contributed by atoms with Crippen LogP contribution < -0.4 is 21.3 Å². The van der Waals surface area contributed by atoms with Crippen molar-refractivity contribution >= 4 is 29.7 Å². The molecule has 1 saturated carbocycles. The Balaban J connectivity index is 0.000000198. The number of piperidine rings is 3. The lowest BCUT2D eigenvalue weighted by Gasteiger charge is -2.48. The van der Waals surface area contributed by atoms with Crippen LogP contribution in [0.2, 0.25) is 0 Å². The van der Waals surface area contributed by atoms with Crippen LogP contribution in [0.5, 0.6) is 0 Å². The Morgan fingerprint density at radius 2 is 0.983 bits per heavy atom. The third-order valence-corrected chi connectivity index (χ3v) is 13.7. The third-order valence-electron chi connectivity index (χ3n) is 13.7. The molecule has 336 valence electrons. The molecule has 0 aromatic heterocycles. The van der Waals surface area contributed by atoms with Gasteiger partial charge < -0.3 is 34.6 Å². The van der Waals surface area contributed by atoms with Gasteiger partial charge in [0.2, 0.25) is 0 Å². The molecule has 0 radical (unpaired) electrons. The summed E-state index contributed by atoms with van der Waals surface area (Å²) in [7, 11) is 4.24. The zero-order valence-electron chi connectivity index (χ0n) is 38.9. The maximum absolute atomic E-state index is 12.0. The van der Waals surface area contributed by atoms with Crippen LogP contribution in [0, 0.1) is 11.8 Å². The first kappa shape index (κ1) is 48.8. The van der Waals surface area contributed by atoms with E-state index in [0.717, 1.165) is 63.0 Å². The second-order valence-electron chi connectivity index (χ2n) is 20.0. The summed E-state index contributed by atoms with van der Waals surface area (Å²) in [5.74, 6) is 0.588. The number of alkyl carbamates (subject to hydrolysis) is 1. The van der Waals surface area contributed by atoms with Crippen LogP contribution in [0.15, 0.2) is 60.7 Å². The Labute approximate surface area is 361 Å². The minimum atomic E-state index is -0.367.